The Morgan fingerprint density at radius 2 is 2.12 bits per heavy atom. The van der Waals surface area contributed by atoms with Crippen LogP contribution in [0.15, 0.2) is 36.5 Å². The molecule has 0 bridgehead atoms. The molecule has 24 heavy (non-hydrogen) atoms. The molecule has 1 aliphatic heterocycles. The van der Waals surface area contributed by atoms with Crippen molar-refractivity contribution >= 4 is 21.9 Å². The molecule has 2 heterocycles. The highest BCUT2D eigenvalue weighted by Gasteiger charge is 2.23. The van der Waals surface area contributed by atoms with Gasteiger partial charge in [-0.15, -0.1) is 0 Å². The summed E-state index contributed by atoms with van der Waals surface area (Å²) < 4.78 is 25.0. The highest BCUT2D eigenvalue weighted by atomic mass is 32.2. The number of aromatic nitrogens is 1. The molecule has 3 rings (SSSR count). The fraction of sp³-hybridized carbons (Fsp3) is 0.250. The maximum atomic E-state index is 11.7. The Morgan fingerprint density at radius 1 is 1.33 bits per heavy atom. The van der Waals surface area contributed by atoms with Gasteiger partial charge >= 0.3 is 6.03 Å². The largest absolute Gasteiger partial charge is 0.323 e. The van der Waals surface area contributed by atoms with E-state index in [2.05, 4.69) is 15.0 Å². The number of hydrogen-bond donors (Lipinski definition) is 2. The topological polar surface area (TPSA) is 91.4 Å². The minimum Gasteiger partial charge on any atom is -0.323 e. The van der Waals surface area contributed by atoms with Crippen LogP contribution in [-0.2, 0) is 23.1 Å². The minimum absolute atomic E-state index is 0.182. The molecule has 1 aromatic heterocycles. The van der Waals surface area contributed by atoms with Gasteiger partial charge in [-0.05, 0) is 28.8 Å². The highest BCUT2D eigenvalue weighted by Crippen LogP contribution is 2.31. The third-order valence-corrected chi connectivity index (χ3v) is 4.47. The van der Waals surface area contributed by atoms with E-state index in [1.165, 1.54) is 0 Å². The summed E-state index contributed by atoms with van der Waals surface area (Å²) in [4.78, 5) is 17.6. The first-order chi connectivity index (χ1) is 11.3. The third-order valence-electron chi connectivity index (χ3n) is 3.80. The summed E-state index contributed by atoms with van der Waals surface area (Å²) in [6.07, 6.45) is 2.79. The lowest BCUT2D eigenvalue weighted by atomic mass is 9.98. The van der Waals surface area contributed by atoms with E-state index >= 15 is 0 Å². The fourth-order valence-electron chi connectivity index (χ4n) is 2.60. The quantitative estimate of drug-likeness (QED) is 0.883. The average Bonchev–Trinajstić information content (AvgIpc) is 2.53. The van der Waals surface area contributed by atoms with E-state index in [-0.39, 0.29) is 12.6 Å². The molecule has 0 saturated carbocycles. The first kappa shape index (κ1) is 16.4. The number of nitrogens with one attached hydrogen (secondary N) is 2. The molecule has 0 aliphatic carbocycles. The summed E-state index contributed by atoms with van der Waals surface area (Å²) in [5.74, 6) is 0.565. The SMILES string of the molecule is CN1Cc2c(-c3cccc(CNS(C)(=O)=O)c3)ccnc2NC1=O. The number of pyridine rings is 1. The Balaban J connectivity index is 1.96. The molecule has 1 aliphatic rings. The summed E-state index contributed by atoms with van der Waals surface area (Å²) >= 11 is 0. The van der Waals surface area contributed by atoms with E-state index in [4.69, 9.17) is 0 Å². The first-order valence-electron chi connectivity index (χ1n) is 7.37. The van der Waals surface area contributed by atoms with Crippen molar-refractivity contribution in [2.75, 3.05) is 18.6 Å². The zero-order valence-electron chi connectivity index (χ0n) is 13.4. The lowest BCUT2D eigenvalue weighted by Crippen LogP contribution is -2.36. The van der Waals surface area contributed by atoms with Gasteiger partial charge in [0.2, 0.25) is 10.0 Å². The number of fused-ring (bicyclic) bond motifs is 1. The van der Waals surface area contributed by atoms with Crippen LogP contribution in [0.5, 0.6) is 0 Å². The number of amides is 2. The van der Waals surface area contributed by atoms with Gasteiger partial charge < -0.3 is 4.90 Å². The van der Waals surface area contributed by atoms with Crippen molar-refractivity contribution in [3.63, 3.8) is 0 Å². The van der Waals surface area contributed by atoms with Crippen LogP contribution in [0.1, 0.15) is 11.1 Å². The molecule has 2 N–H and O–H groups in total. The molecule has 7 nitrogen and oxygen atoms in total. The molecule has 0 unspecified atom stereocenters. The second kappa shape index (κ2) is 6.21. The van der Waals surface area contributed by atoms with Crippen LogP contribution >= 0.6 is 0 Å². The summed E-state index contributed by atoms with van der Waals surface area (Å²) in [5.41, 5.74) is 3.71. The van der Waals surface area contributed by atoms with Crippen LogP contribution < -0.4 is 10.0 Å². The molecule has 0 spiro atoms. The average molecular weight is 346 g/mol. The number of nitrogens with zero attached hydrogens (tertiary/aromatic N) is 2. The van der Waals surface area contributed by atoms with Gasteiger partial charge in [0.1, 0.15) is 5.82 Å². The summed E-state index contributed by atoms with van der Waals surface area (Å²) in [6, 6.07) is 9.35. The summed E-state index contributed by atoms with van der Waals surface area (Å²) in [6.45, 7) is 0.701. The Kier molecular flexibility index (Phi) is 4.25. The zero-order chi connectivity index (χ0) is 17.3. The van der Waals surface area contributed by atoms with Crippen molar-refractivity contribution < 1.29 is 13.2 Å². The summed E-state index contributed by atoms with van der Waals surface area (Å²) in [5, 5.41) is 2.76. The maximum Gasteiger partial charge on any atom is 0.323 e. The Labute approximate surface area is 140 Å². The van der Waals surface area contributed by atoms with E-state index in [9.17, 15) is 13.2 Å². The number of anilines is 1. The lowest BCUT2D eigenvalue weighted by molar-refractivity contribution is 0.218. The number of rotatable bonds is 4. The van der Waals surface area contributed by atoms with Crippen LogP contribution in [0, 0.1) is 0 Å². The number of sulfonamides is 1. The highest BCUT2D eigenvalue weighted by molar-refractivity contribution is 7.88. The van der Waals surface area contributed by atoms with E-state index in [1.54, 1.807) is 18.1 Å². The van der Waals surface area contributed by atoms with E-state index in [0.717, 1.165) is 28.5 Å². The molecule has 2 amide bonds. The van der Waals surface area contributed by atoms with Crippen molar-refractivity contribution in [2.24, 2.45) is 0 Å². The van der Waals surface area contributed by atoms with Crippen LogP contribution in [0.3, 0.4) is 0 Å². The van der Waals surface area contributed by atoms with Gasteiger partial charge in [-0.25, -0.2) is 22.9 Å². The standard InChI is InChI=1S/C16H18N4O3S/c1-20-10-14-13(6-7-17-15(14)19-16(20)21)12-5-3-4-11(8-12)9-18-24(2,22)23/h3-8,18H,9-10H2,1-2H3,(H,17,19,21). The van der Waals surface area contributed by atoms with E-state index in [1.807, 2.05) is 30.3 Å². The molecule has 8 heteroatoms. The minimum atomic E-state index is -3.24. The molecule has 0 atom stereocenters. The Bertz CT molecular complexity index is 896. The summed E-state index contributed by atoms with van der Waals surface area (Å²) in [7, 11) is -1.52. The van der Waals surface area contributed by atoms with E-state index < -0.39 is 10.0 Å². The normalized spacial score (nSPS) is 14.2. The number of carbonyl (C=O) groups is 1. The predicted molar refractivity (Wildman–Crippen MR) is 91.8 cm³/mol. The zero-order valence-corrected chi connectivity index (χ0v) is 14.2. The number of carbonyl (C=O) groups excluding carboxylic acids is 1. The van der Waals surface area contributed by atoms with Crippen molar-refractivity contribution in [3.05, 3.63) is 47.7 Å². The molecule has 1 aromatic carbocycles. The van der Waals surface area contributed by atoms with Crippen molar-refractivity contribution in [1.82, 2.24) is 14.6 Å². The monoisotopic (exact) mass is 346 g/mol. The van der Waals surface area contributed by atoms with Gasteiger partial charge in [0.15, 0.2) is 0 Å². The van der Waals surface area contributed by atoms with Gasteiger partial charge in [0.25, 0.3) is 0 Å². The Hall–Kier alpha value is -2.45. The van der Waals surface area contributed by atoms with Crippen molar-refractivity contribution in [2.45, 2.75) is 13.1 Å². The van der Waals surface area contributed by atoms with Gasteiger partial charge in [0.05, 0.1) is 12.8 Å². The predicted octanol–water partition coefficient (Wildman–Crippen LogP) is 1.78. The molecular formula is C16H18N4O3S. The third kappa shape index (κ3) is 3.55. The van der Waals surface area contributed by atoms with Gasteiger partial charge in [-0.1, -0.05) is 18.2 Å². The maximum absolute atomic E-state index is 11.7. The lowest BCUT2D eigenvalue weighted by Gasteiger charge is -2.27. The smallest absolute Gasteiger partial charge is 0.323 e. The molecule has 126 valence electrons. The number of benzene rings is 1. The van der Waals surface area contributed by atoms with Crippen LogP contribution in [0.25, 0.3) is 11.1 Å². The molecule has 2 aromatic rings. The second-order valence-electron chi connectivity index (χ2n) is 5.77. The fourth-order valence-corrected chi connectivity index (χ4v) is 3.03. The van der Waals surface area contributed by atoms with Crippen molar-refractivity contribution in [1.29, 1.82) is 0 Å². The van der Waals surface area contributed by atoms with Crippen LogP contribution in [-0.4, -0.2) is 37.6 Å². The van der Waals surface area contributed by atoms with Crippen molar-refractivity contribution in [3.8, 4) is 11.1 Å². The molecule has 0 saturated heterocycles. The molecule has 0 radical (unpaired) electrons. The van der Waals surface area contributed by atoms with Gasteiger partial charge in [-0.3, -0.25) is 5.32 Å². The molecular weight excluding hydrogens is 328 g/mol. The number of hydrogen-bond acceptors (Lipinski definition) is 4. The van der Waals surface area contributed by atoms with E-state index in [0.29, 0.717) is 12.4 Å². The van der Waals surface area contributed by atoms with Gasteiger partial charge in [0, 0.05) is 25.4 Å². The first-order valence-corrected chi connectivity index (χ1v) is 9.26. The van der Waals surface area contributed by atoms with Crippen LogP contribution in [0.2, 0.25) is 0 Å². The van der Waals surface area contributed by atoms with Gasteiger partial charge in [-0.2, -0.15) is 0 Å². The number of urea groups is 1. The molecule has 0 fully saturated rings. The second-order valence-corrected chi connectivity index (χ2v) is 7.60. The Morgan fingerprint density at radius 3 is 2.88 bits per heavy atom. The van der Waals surface area contributed by atoms with Crippen LogP contribution in [0.4, 0.5) is 10.6 Å².